The lowest BCUT2D eigenvalue weighted by Crippen LogP contribution is -2.40. The van der Waals surface area contributed by atoms with Gasteiger partial charge in [0.25, 0.3) is 0 Å². The Balaban J connectivity index is 4.32. The van der Waals surface area contributed by atoms with Gasteiger partial charge in [0.05, 0.1) is 13.2 Å². The Kier molecular flexibility index (Phi) is 6.13. The molecule has 0 bridgehead atoms. The summed E-state index contributed by atoms with van der Waals surface area (Å²) in [7, 11) is -1.72. The smallest absolute Gasteiger partial charge is 0.333 e. The van der Waals surface area contributed by atoms with Gasteiger partial charge >= 0.3 is 5.97 Å². The first-order valence-corrected chi connectivity index (χ1v) is 9.00. The lowest BCUT2D eigenvalue weighted by molar-refractivity contribution is -0.138. The van der Waals surface area contributed by atoms with Crippen molar-refractivity contribution in [3.8, 4) is 0 Å². The van der Waals surface area contributed by atoms with Crippen LogP contribution in [0.4, 0.5) is 0 Å². The topological polar surface area (TPSA) is 35.5 Å². The van der Waals surface area contributed by atoms with Gasteiger partial charge in [-0.05, 0) is 32.0 Å². The molecule has 0 aliphatic rings. The Morgan fingerprint density at radius 3 is 2.24 bits per heavy atom. The molecule has 0 aromatic rings. The molecule has 3 nitrogen and oxygen atoms in total. The molecule has 0 spiro atoms. The van der Waals surface area contributed by atoms with Crippen molar-refractivity contribution in [3.05, 3.63) is 11.6 Å². The van der Waals surface area contributed by atoms with Gasteiger partial charge in [-0.2, -0.15) is 0 Å². The molecule has 0 aliphatic heterocycles. The van der Waals surface area contributed by atoms with Crippen LogP contribution in [0.25, 0.3) is 0 Å². The first-order chi connectivity index (χ1) is 7.62. The standard InChI is InChI=1S/C13H26O3Si/c1-8-15-12(14)11(2)9-10-16-17(6,7)13(3,4)5/h9H,8,10H2,1-7H3/b11-9+. The SMILES string of the molecule is CCOC(=O)/C(C)=C/CO[Si](C)(C)C(C)(C)C. The van der Waals surface area contributed by atoms with Crippen LogP contribution in [-0.2, 0) is 14.0 Å². The van der Waals surface area contributed by atoms with E-state index in [-0.39, 0.29) is 11.0 Å². The largest absolute Gasteiger partial charge is 0.463 e. The Morgan fingerprint density at radius 1 is 1.29 bits per heavy atom. The Hall–Kier alpha value is -0.613. The van der Waals surface area contributed by atoms with Gasteiger partial charge in [0.15, 0.2) is 8.32 Å². The van der Waals surface area contributed by atoms with Crippen LogP contribution in [0.15, 0.2) is 11.6 Å². The van der Waals surface area contributed by atoms with E-state index in [2.05, 4.69) is 33.9 Å². The summed E-state index contributed by atoms with van der Waals surface area (Å²) in [4.78, 5) is 11.4. The molecule has 0 unspecified atom stereocenters. The Labute approximate surface area is 106 Å². The molecule has 0 heterocycles. The van der Waals surface area contributed by atoms with E-state index in [9.17, 15) is 4.79 Å². The summed E-state index contributed by atoms with van der Waals surface area (Å²) in [5, 5.41) is 0.193. The van der Waals surface area contributed by atoms with E-state index in [1.54, 1.807) is 19.9 Å². The highest BCUT2D eigenvalue weighted by Crippen LogP contribution is 2.36. The van der Waals surface area contributed by atoms with Crippen molar-refractivity contribution in [2.24, 2.45) is 0 Å². The Morgan fingerprint density at radius 2 is 1.82 bits per heavy atom. The molecule has 0 N–H and O–H groups in total. The van der Waals surface area contributed by atoms with Gasteiger partial charge in [-0.1, -0.05) is 26.8 Å². The van der Waals surface area contributed by atoms with E-state index < -0.39 is 8.32 Å². The molecule has 0 aromatic carbocycles. The molecule has 0 saturated heterocycles. The van der Waals surface area contributed by atoms with Crippen molar-refractivity contribution in [2.75, 3.05) is 13.2 Å². The van der Waals surface area contributed by atoms with E-state index in [1.165, 1.54) is 0 Å². The number of rotatable bonds is 5. The number of ether oxygens (including phenoxy) is 1. The quantitative estimate of drug-likeness (QED) is 0.430. The predicted molar refractivity (Wildman–Crippen MR) is 73.5 cm³/mol. The normalized spacial score (nSPS) is 13.7. The van der Waals surface area contributed by atoms with Gasteiger partial charge < -0.3 is 9.16 Å². The molecular formula is C13H26O3Si. The van der Waals surface area contributed by atoms with Gasteiger partial charge in [0, 0.05) is 5.57 Å². The minimum absolute atomic E-state index is 0.193. The average Bonchev–Trinajstić information content (AvgIpc) is 2.15. The first-order valence-electron chi connectivity index (χ1n) is 6.09. The molecule has 0 aliphatic carbocycles. The third-order valence-corrected chi connectivity index (χ3v) is 7.74. The summed E-state index contributed by atoms with van der Waals surface area (Å²) in [5.74, 6) is -0.258. The van der Waals surface area contributed by atoms with E-state index in [0.29, 0.717) is 18.8 Å². The van der Waals surface area contributed by atoms with Crippen molar-refractivity contribution < 1.29 is 14.0 Å². The van der Waals surface area contributed by atoms with Crippen molar-refractivity contribution in [2.45, 2.75) is 52.8 Å². The fourth-order valence-electron chi connectivity index (χ4n) is 0.920. The fourth-order valence-corrected chi connectivity index (χ4v) is 1.85. The van der Waals surface area contributed by atoms with Crippen molar-refractivity contribution in [3.63, 3.8) is 0 Å². The highest BCUT2D eigenvalue weighted by Gasteiger charge is 2.36. The summed E-state index contributed by atoms with van der Waals surface area (Å²) in [6, 6.07) is 0. The molecule has 0 atom stereocenters. The predicted octanol–water partition coefficient (Wildman–Crippen LogP) is 3.52. The molecule has 0 rings (SSSR count). The van der Waals surface area contributed by atoms with Crippen LogP contribution in [0.2, 0.25) is 18.1 Å². The van der Waals surface area contributed by atoms with E-state index in [4.69, 9.17) is 9.16 Å². The minimum atomic E-state index is -1.72. The second-order valence-electron chi connectivity index (χ2n) is 5.68. The van der Waals surface area contributed by atoms with Gasteiger partial charge in [0.2, 0.25) is 0 Å². The van der Waals surface area contributed by atoms with Crippen LogP contribution in [0.3, 0.4) is 0 Å². The lowest BCUT2D eigenvalue weighted by atomic mass is 10.2. The average molecular weight is 258 g/mol. The van der Waals surface area contributed by atoms with Crippen LogP contribution in [0.1, 0.15) is 34.6 Å². The number of carbonyl (C=O) groups excluding carboxylic acids is 1. The fraction of sp³-hybridized carbons (Fsp3) is 0.769. The third-order valence-electron chi connectivity index (χ3n) is 3.24. The number of hydrogen-bond donors (Lipinski definition) is 0. The lowest BCUT2D eigenvalue weighted by Gasteiger charge is -2.35. The molecule has 0 radical (unpaired) electrons. The summed E-state index contributed by atoms with van der Waals surface area (Å²) in [5.41, 5.74) is 0.616. The monoisotopic (exact) mass is 258 g/mol. The summed E-state index contributed by atoms with van der Waals surface area (Å²) in [6.07, 6.45) is 1.80. The molecule has 4 heteroatoms. The third kappa shape index (κ3) is 5.50. The van der Waals surface area contributed by atoms with Gasteiger partial charge in [-0.3, -0.25) is 0 Å². The second kappa shape index (κ2) is 6.35. The molecule has 100 valence electrons. The minimum Gasteiger partial charge on any atom is -0.463 e. The van der Waals surface area contributed by atoms with Crippen LogP contribution in [0.5, 0.6) is 0 Å². The summed E-state index contributed by atoms with van der Waals surface area (Å²) in [6.45, 7) is 15.4. The van der Waals surface area contributed by atoms with Crippen LogP contribution < -0.4 is 0 Å². The maximum absolute atomic E-state index is 11.4. The zero-order chi connectivity index (χ0) is 13.7. The zero-order valence-corrected chi connectivity index (χ0v) is 13.2. The Bertz CT molecular complexity index is 288. The number of esters is 1. The van der Waals surface area contributed by atoms with E-state index in [0.717, 1.165) is 0 Å². The number of carbonyl (C=O) groups is 1. The first kappa shape index (κ1) is 16.4. The molecule has 0 amide bonds. The van der Waals surface area contributed by atoms with Crippen molar-refractivity contribution >= 4 is 14.3 Å². The summed E-state index contributed by atoms with van der Waals surface area (Å²) >= 11 is 0. The molecule has 0 aromatic heterocycles. The number of hydrogen-bond acceptors (Lipinski definition) is 3. The van der Waals surface area contributed by atoms with Crippen LogP contribution >= 0.6 is 0 Å². The molecule has 0 fully saturated rings. The van der Waals surface area contributed by atoms with Gasteiger partial charge in [-0.25, -0.2) is 4.79 Å². The van der Waals surface area contributed by atoms with Gasteiger partial charge in [0.1, 0.15) is 0 Å². The van der Waals surface area contributed by atoms with E-state index >= 15 is 0 Å². The summed E-state index contributed by atoms with van der Waals surface area (Å²) < 4.78 is 10.8. The van der Waals surface area contributed by atoms with Crippen molar-refractivity contribution in [1.29, 1.82) is 0 Å². The highest BCUT2D eigenvalue weighted by molar-refractivity contribution is 6.74. The molecular weight excluding hydrogens is 232 g/mol. The highest BCUT2D eigenvalue weighted by atomic mass is 28.4. The maximum Gasteiger partial charge on any atom is 0.333 e. The zero-order valence-electron chi connectivity index (χ0n) is 12.2. The molecule has 17 heavy (non-hydrogen) atoms. The molecule has 0 saturated carbocycles. The van der Waals surface area contributed by atoms with Crippen LogP contribution in [0, 0.1) is 0 Å². The van der Waals surface area contributed by atoms with Crippen molar-refractivity contribution in [1.82, 2.24) is 0 Å². The van der Waals surface area contributed by atoms with Gasteiger partial charge in [-0.15, -0.1) is 0 Å². The maximum atomic E-state index is 11.4. The second-order valence-corrected chi connectivity index (χ2v) is 10.5. The van der Waals surface area contributed by atoms with Crippen LogP contribution in [-0.4, -0.2) is 27.5 Å². The van der Waals surface area contributed by atoms with E-state index in [1.807, 2.05) is 0 Å².